The Morgan fingerprint density at radius 2 is 2.05 bits per heavy atom. The Hall–Kier alpha value is -1.02. The fourth-order valence-corrected chi connectivity index (χ4v) is 2.53. The lowest BCUT2D eigenvalue weighted by atomic mass is 10.3. The predicted molar refractivity (Wildman–Crippen MR) is 69.4 cm³/mol. The zero-order chi connectivity index (χ0) is 14.8. The van der Waals surface area contributed by atoms with E-state index in [1.807, 2.05) is 0 Å². The molecule has 1 fully saturated rings. The van der Waals surface area contributed by atoms with Gasteiger partial charge in [0.05, 0.1) is 12.1 Å². The lowest BCUT2D eigenvalue weighted by Crippen LogP contribution is -2.38. The summed E-state index contributed by atoms with van der Waals surface area (Å²) in [4.78, 5) is 15.1. The standard InChI is InChI=1S/C12H14BrF3N2O2/c13-10-6-9(7-20-10)11(19)18-3-1-2-17(4-5-18)8-12(14,15)16/h6-7H,1-5,8H2. The summed E-state index contributed by atoms with van der Waals surface area (Å²) in [7, 11) is 0. The number of hydrogen-bond donors (Lipinski definition) is 0. The normalized spacial score (nSPS) is 18.1. The van der Waals surface area contributed by atoms with Crippen molar-refractivity contribution in [1.29, 1.82) is 0 Å². The van der Waals surface area contributed by atoms with Crippen LogP contribution in [-0.4, -0.2) is 54.6 Å². The van der Waals surface area contributed by atoms with E-state index >= 15 is 0 Å². The highest BCUT2D eigenvalue weighted by Crippen LogP contribution is 2.19. The second kappa shape index (κ2) is 6.17. The van der Waals surface area contributed by atoms with Crippen molar-refractivity contribution in [3.05, 3.63) is 22.6 Å². The number of halogens is 4. The van der Waals surface area contributed by atoms with Crippen molar-refractivity contribution in [2.75, 3.05) is 32.7 Å². The quantitative estimate of drug-likeness (QED) is 0.819. The second-order valence-corrected chi connectivity index (χ2v) is 5.46. The van der Waals surface area contributed by atoms with Crippen molar-refractivity contribution in [1.82, 2.24) is 9.80 Å². The maximum absolute atomic E-state index is 12.4. The number of nitrogens with zero attached hydrogens (tertiary/aromatic N) is 2. The molecule has 112 valence electrons. The molecule has 1 amide bonds. The van der Waals surface area contributed by atoms with Crippen molar-refractivity contribution < 1.29 is 22.4 Å². The van der Waals surface area contributed by atoms with E-state index in [0.29, 0.717) is 29.7 Å². The van der Waals surface area contributed by atoms with Gasteiger partial charge in [-0.1, -0.05) is 0 Å². The van der Waals surface area contributed by atoms with Crippen molar-refractivity contribution in [3.8, 4) is 0 Å². The molecular weight excluding hydrogens is 341 g/mol. The van der Waals surface area contributed by atoms with E-state index in [1.54, 1.807) is 11.0 Å². The van der Waals surface area contributed by atoms with Crippen molar-refractivity contribution in [2.24, 2.45) is 0 Å². The highest BCUT2D eigenvalue weighted by atomic mass is 79.9. The first-order chi connectivity index (χ1) is 9.35. The fourth-order valence-electron chi connectivity index (χ4n) is 2.19. The average molecular weight is 355 g/mol. The van der Waals surface area contributed by atoms with Crippen LogP contribution in [0.1, 0.15) is 16.8 Å². The van der Waals surface area contributed by atoms with Crippen LogP contribution in [0.4, 0.5) is 13.2 Å². The van der Waals surface area contributed by atoms with Gasteiger partial charge in [0.2, 0.25) is 0 Å². The molecule has 0 aliphatic carbocycles. The number of alkyl halides is 3. The molecule has 1 aliphatic heterocycles. The van der Waals surface area contributed by atoms with Crippen LogP contribution < -0.4 is 0 Å². The summed E-state index contributed by atoms with van der Waals surface area (Å²) in [6.07, 6.45) is -2.33. The molecule has 2 rings (SSSR count). The lowest BCUT2D eigenvalue weighted by molar-refractivity contribution is -0.145. The van der Waals surface area contributed by atoms with E-state index in [0.717, 1.165) is 0 Å². The smallest absolute Gasteiger partial charge is 0.401 e. The Kier molecular flexibility index (Phi) is 4.74. The van der Waals surface area contributed by atoms with Gasteiger partial charge in [0.15, 0.2) is 4.67 Å². The summed E-state index contributed by atoms with van der Waals surface area (Å²) in [5, 5.41) is 0. The van der Waals surface area contributed by atoms with Crippen LogP contribution in [0.5, 0.6) is 0 Å². The number of carbonyl (C=O) groups is 1. The van der Waals surface area contributed by atoms with Gasteiger partial charge in [-0.15, -0.1) is 0 Å². The zero-order valence-electron chi connectivity index (χ0n) is 10.6. The van der Waals surface area contributed by atoms with Gasteiger partial charge in [-0.2, -0.15) is 13.2 Å². The Labute approximate surface area is 122 Å². The molecule has 2 heterocycles. The third-order valence-electron chi connectivity index (χ3n) is 3.09. The van der Waals surface area contributed by atoms with E-state index in [1.165, 1.54) is 11.2 Å². The first-order valence-electron chi connectivity index (χ1n) is 6.17. The molecule has 0 aromatic carbocycles. The Bertz CT molecular complexity index is 476. The van der Waals surface area contributed by atoms with Crippen LogP contribution in [0.25, 0.3) is 0 Å². The number of hydrogen-bond acceptors (Lipinski definition) is 3. The largest absolute Gasteiger partial charge is 0.457 e. The molecule has 0 spiro atoms. The molecule has 1 aromatic rings. The van der Waals surface area contributed by atoms with Crippen LogP contribution in [0.2, 0.25) is 0 Å². The number of rotatable bonds is 2. The van der Waals surface area contributed by atoms with Crippen molar-refractivity contribution >= 4 is 21.8 Å². The molecule has 1 aliphatic rings. The van der Waals surface area contributed by atoms with Crippen LogP contribution in [-0.2, 0) is 0 Å². The highest BCUT2D eigenvalue weighted by molar-refractivity contribution is 9.10. The molecule has 0 saturated carbocycles. The Morgan fingerprint density at radius 3 is 2.65 bits per heavy atom. The fraction of sp³-hybridized carbons (Fsp3) is 0.583. The molecule has 0 bridgehead atoms. The SMILES string of the molecule is O=C(c1coc(Br)c1)N1CCCN(CC(F)(F)F)CC1. The van der Waals surface area contributed by atoms with E-state index in [9.17, 15) is 18.0 Å². The van der Waals surface area contributed by atoms with Crippen molar-refractivity contribution in [3.63, 3.8) is 0 Å². The number of furan rings is 1. The van der Waals surface area contributed by atoms with Crippen LogP contribution in [0, 0.1) is 0 Å². The summed E-state index contributed by atoms with van der Waals surface area (Å²) >= 11 is 3.11. The summed E-state index contributed by atoms with van der Waals surface area (Å²) in [5.74, 6) is -0.215. The topological polar surface area (TPSA) is 36.7 Å². The lowest BCUT2D eigenvalue weighted by Gasteiger charge is -2.22. The maximum Gasteiger partial charge on any atom is 0.401 e. The molecule has 1 aromatic heterocycles. The predicted octanol–water partition coefficient (Wildman–Crippen LogP) is 2.75. The van der Waals surface area contributed by atoms with Gasteiger partial charge in [0, 0.05) is 32.2 Å². The molecular formula is C12H14BrF3N2O2. The maximum atomic E-state index is 12.4. The third-order valence-corrected chi connectivity index (χ3v) is 3.51. The molecule has 4 nitrogen and oxygen atoms in total. The summed E-state index contributed by atoms with van der Waals surface area (Å²) < 4.78 is 42.5. The average Bonchev–Trinajstić information content (AvgIpc) is 2.64. The minimum Gasteiger partial charge on any atom is -0.457 e. The molecule has 0 unspecified atom stereocenters. The van der Waals surface area contributed by atoms with E-state index in [-0.39, 0.29) is 19.0 Å². The van der Waals surface area contributed by atoms with Gasteiger partial charge in [0.1, 0.15) is 6.26 Å². The number of amides is 1. The molecule has 20 heavy (non-hydrogen) atoms. The Morgan fingerprint density at radius 1 is 1.30 bits per heavy atom. The minimum absolute atomic E-state index is 0.215. The molecule has 0 N–H and O–H groups in total. The van der Waals surface area contributed by atoms with E-state index in [4.69, 9.17) is 4.42 Å². The van der Waals surface area contributed by atoms with Gasteiger partial charge in [-0.3, -0.25) is 9.69 Å². The van der Waals surface area contributed by atoms with Gasteiger partial charge in [-0.25, -0.2) is 0 Å². The minimum atomic E-state index is -4.20. The van der Waals surface area contributed by atoms with Crippen LogP contribution in [0.15, 0.2) is 21.4 Å². The third kappa shape index (κ3) is 4.24. The highest BCUT2D eigenvalue weighted by Gasteiger charge is 2.32. The summed E-state index contributed by atoms with van der Waals surface area (Å²) in [6.45, 7) is 0.392. The summed E-state index contributed by atoms with van der Waals surface area (Å²) in [5.41, 5.74) is 0.404. The molecule has 0 radical (unpaired) electrons. The first-order valence-corrected chi connectivity index (χ1v) is 6.97. The van der Waals surface area contributed by atoms with E-state index in [2.05, 4.69) is 15.9 Å². The van der Waals surface area contributed by atoms with Gasteiger partial charge < -0.3 is 9.32 Å². The van der Waals surface area contributed by atoms with Crippen molar-refractivity contribution in [2.45, 2.75) is 12.6 Å². The first kappa shape index (κ1) is 15.4. The molecule has 1 saturated heterocycles. The Balaban J connectivity index is 1.94. The second-order valence-electron chi connectivity index (χ2n) is 4.68. The zero-order valence-corrected chi connectivity index (χ0v) is 12.2. The van der Waals surface area contributed by atoms with Crippen LogP contribution >= 0.6 is 15.9 Å². The molecule has 0 atom stereocenters. The van der Waals surface area contributed by atoms with Crippen LogP contribution in [0.3, 0.4) is 0 Å². The van der Waals surface area contributed by atoms with E-state index < -0.39 is 12.7 Å². The van der Waals surface area contributed by atoms with Gasteiger partial charge in [-0.05, 0) is 22.4 Å². The number of carbonyl (C=O) groups excluding carboxylic acids is 1. The monoisotopic (exact) mass is 354 g/mol. The van der Waals surface area contributed by atoms with Gasteiger partial charge >= 0.3 is 6.18 Å². The van der Waals surface area contributed by atoms with Gasteiger partial charge in [0.25, 0.3) is 5.91 Å². The molecule has 8 heteroatoms. The summed E-state index contributed by atoms with van der Waals surface area (Å²) in [6, 6.07) is 1.56.